The summed E-state index contributed by atoms with van der Waals surface area (Å²) in [6.07, 6.45) is 6.49. The van der Waals surface area contributed by atoms with E-state index >= 15 is 0 Å². The normalized spacial score (nSPS) is 11.9. The zero-order chi connectivity index (χ0) is 76.4. The predicted octanol–water partition coefficient (Wildman–Crippen LogP) is 29.0. The minimum absolute atomic E-state index is 0.0394. The van der Waals surface area contributed by atoms with Gasteiger partial charge in [0, 0.05) is 5.56 Å². The lowest BCUT2D eigenvalue weighted by molar-refractivity contribution is 0.589. The molecule has 0 aliphatic rings. The zero-order valence-electron chi connectivity index (χ0n) is 67.5. The van der Waals surface area contributed by atoms with Crippen molar-refractivity contribution >= 4 is 43.6 Å². The molecule has 0 radical (unpaired) electrons. The molecule has 0 bridgehead atoms. The summed E-state index contributed by atoms with van der Waals surface area (Å²) in [6.45, 7) is 45.1. The molecule has 0 nitrogen and oxygen atoms in total. The lowest BCUT2D eigenvalue weighted by atomic mass is 9.87. The van der Waals surface area contributed by atoms with Crippen LogP contribution in [0.4, 0.5) is 0 Å². The molecule has 0 N–H and O–H groups in total. The lowest BCUT2D eigenvalue weighted by Crippen LogP contribution is -2.13. The van der Waals surface area contributed by atoms with Crippen molar-refractivity contribution in [3.8, 4) is 0 Å². The summed E-state index contributed by atoms with van der Waals surface area (Å²) in [6, 6.07) is 113. The van der Waals surface area contributed by atoms with E-state index in [9.17, 15) is 0 Å². The number of hydrogen-bond donors (Lipinski definition) is 0. The zero-order valence-corrected chi connectivity index (χ0v) is 70.8. The van der Waals surface area contributed by atoms with Crippen molar-refractivity contribution in [1.82, 2.24) is 0 Å². The Labute approximate surface area is 653 Å². The molecule has 0 saturated heterocycles. The highest BCUT2D eigenvalue weighted by Crippen LogP contribution is 2.40. The Morgan fingerprint density at radius 3 is 0.651 bits per heavy atom. The van der Waals surface area contributed by atoms with Gasteiger partial charge in [-0.15, -0.1) is 0 Å². The minimum atomic E-state index is -0.120. The third kappa shape index (κ3) is 23.3. The van der Waals surface area contributed by atoms with Crippen molar-refractivity contribution in [2.45, 2.75) is 256 Å². The highest BCUT2D eigenvalue weighted by molar-refractivity contribution is 7.98. The highest BCUT2D eigenvalue weighted by atomic mass is 32.2. The summed E-state index contributed by atoms with van der Waals surface area (Å²) < 4.78 is 0. The van der Waals surface area contributed by atoms with Gasteiger partial charge in [0.2, 0.25) is 0 Å². The monoisotopic (exact) mass is 1470 g/mol. The van der Waals surface area contributed by atoms with Crippen molar-refractivity contribution in [3.63, 3.8) is 0 Å². The maximum Gasteiger partial charge on any atom is 0.169 e. The Morgan fingerprint density at radius 2 is 0.434 bits per heavy atom. The van der Waals surface area contributed by atoms with E-state index in [0.29, 0.717) is 0 Å². The fourth-order valence-corrected chi connectivity index (χ4v) is 21.0. The minimum Gasteiger partial charge on any atom is -0.0654 e. The quantitative estimate of drug-likeness (QED) is 0.0630. The van der Waals surface area contributed by atoms with E-state index in [4.69, 9.17) is 0 Å². The molecule has 0 aliphatic carbocycles. The Morgan fingerprint density at radius 1 is 0.217 bits per heavy atom. The summed E-state index contributed by atoms with van der Waals surface area (Å²) in [4.78, 5) is 16.6. The maximum absolute atomic E-state index is 2.41. The molecule has 0 unspecified atom stereocenters. The third-order valence-corrected chi connectivity index (χ3v) is 28.3. The number of hydrogen-bond acceptors (Lipinski definition) is 0. The first-order valence-electron chi connectivity index (χ1n) is 38.3. The molecular weight excluding hydrogens is 1350 g/mol. The lowest BCUT2D eigenvalue weighted by Gasteiger charge is -2.21. The Balaban J connectivity index is 0.000000164. The molecule has 0 aromatic heterocycles. The van der Waals surface area contributed by atoms with Gasteiger partial charge in [-0.2, -0.15) is 0 Å². The first kappa shape index (κ1) is 82.1. The molecule has 0 amide bonds. The third-order valence-electron chi connectivity index (χ3n) is 19.3. The molecule has 548 valence electrons. The molecule has 0 heterocycles. The van der Waals surface area contributed by atoms with Gasteiger partial charge in [-0.25, -0.2) is 0 Å². The Kier molecular flexibility index (Phi) is 28.8. The summed E-state index contributed by atoms with van der Waals surface area (Å²) in [7, 11) is -0.287. The fourth-order valence-electron chi connectivity index (χ4n) is 12.6. The molecule has 12 aromatic rings. The van der Waals surface area contributed by atoms with Crippen LogP contribution in [0.3, 0.4) is 0 Å². The van der Waals surface area contributed by atoms with E-state index < -0.39 is 0 Å². The van der Waals surface area contributed by atoms with E-state index in [0.717, 1.165) is 0 Å². The number of unbranched alkanes of at least 4 members (excludes halogenated alkanes) is 3. The standard InChI is InChI=1S/C30H39S.C26H31S.C25H29S.C21H21S/c1-28(2,3)22-10-16-25(17-11-22)31(26-18-12-23(13-19-26)29(4,5)6)27-20-14-24(15-21-27)30(7,8)9;1-25(2,3)20-12-16-23(17-13-20)27(22-10-8-7-9-11-22)24-18-14-21(15-19-24)26(4,5)6;1-3-4-5-8-13-22-18-19-25(21(2)20-22)26(23-14-9-6-10-15-23)24-16-11-7-12-17-24;1-16-4-10-19(11-5-16)22(20-12-6-17(2)7-13-20)21-14-8-18(3)9-15-21/h10-21H,1-9H3;7-19H,1-6H3;6-7,9-12,14-20H,3-5,8,13H2,1-2H3;4-15H,1-3H3/q4*+1. The van der Waals surface area contributed by atoms with Gasteiger partial charge < -0.3 is 0 Å². The van der Waals surface area contributed by atoms with E-state index in [1.165, 1.54) is 146 Å². The second kappa shape index (κ2) is 37.2. The maximum atomic E-state index is 2.41. The van der Waals surface area contributed by atoms with Crippen molar-refractivity contribution in [1.29, 1.82) is 0 Å². The Bertz CT molecular complexity index is 4240. The second-order valence-electron chi connectivity index (χ2n) is 33.4. The van der Waals surface area contributed by atoms with E-state index in [2.05, 4.69) is 442 Å². The molecule has 0 saturated carbocycles. The smallest absolute Gasteiger partial charge is 0.0654 e. The molecule has 12 aromatic carbocycles. The van der Waals surface area contributed by atoms with Crippen LogP contribution < -0.4 is 0 Å². The van der Waals surface area contributed by atoms with Crippen LogP contribution in [0.25, 0.3) is 0 Å². The van der Waals surface area contributed by atoms with E-state index in [1.807, 2.05) is 0 Å². The van der Waals surface area contributed by atoms with Crippen LogP contribution >= 0.6 is 0 Å². The van der Waals surface area contributed by atoms with Crippen LogP contribution in [0.1, 0.15) is 192 Å². The van der Waals surface area contributed by atoms with Crippen LogP contribution in [-0.4, -0.2) is 0 Å². The number of aryl methyl sites for hydroxylation is 5. The van der Waals surface area contributed by atoms with Gasteiger partial charge in [-0.05, 0) is 241 Å². The molecule has 0 aliphatic heterocycles. The van der Waals surface area contributed by atoms with E-state index in [-0.39, 0.29) is 70.7 Å². The van der Waals surface area contributed by atoms with Gasteiger partial charge in [-0.1, -0.05) is 311 Å². The van der Waals surface area contributed by atoms with Gasteiger partial charge in [0.15, 0.2) is 58.7 Å². The summed E-state index contributed by atoms with van der Waals surface area (Å²) in [5.74, 6) is 0. The first-order valence-corrected chi connectivity index (χ1v) is 43.2. The van der Waals surface area contributed by atoms with Crippen LogP contribution in [0.5, 0.6) is 0 Å². The van der Waals surface area contributed by atoms with Crippen molar-refractivity contribution in [2.24, 2.45) is 0 Å². The van der Waals surface area contributed by atoms with Gasteiger partial charge >= 0.3 is 0 Å². The molecule has 12 rings (SSSR count). The summed E-state index contributed by atoms with van der Waals surface area (Å²) >= 11 is 0. The van der Waals surface area contributed by atoms with Crippen molar-refractivity contribution in [3.05, 3.63) is 359 Å². The largest absolute Gasteiger partial charge is 0.169 e. The molecular formula is C102H120S4+4. The highest BCUT2D eigenvalue weighted by Gasteiger charge is 2.34. The molecule has 4 heteroatoms. The second-order valence-corrected chi connectivity index (χ2v) is 41.5. The number of benzene rings is 12. The summed E-state index contributed by atoms with van der Waals surface area (Å²) in [5.41, 5.74) is 14.6. The van der Waals surface area contributed by atoms with Gasteiger partial charge in [0.1, 0.15) is 0 Å². The van der Waals surface area contributed by atoms with Crippen molar-refractivity contribution in [2.75, 3.05) is 0 Å². The first-order chi connectivity index (χ1) is 50.3. The Hall–Kier alpha value is -7.96. The SMILES string of the molecule is CC(C)(C)c1ccc([S+](c2ccc(C(C)(C)C)cc2)c2ccc(C(C)(C)C)cc2)cc1.CC(C)(C)c1ccc([S+](c2ccccc2)c2ccc(C(C)(C)C)cc2)cc1.CCCCCCc1ccc([S+](c2ccccc2)c2ccccc2)c(C)c1.Cc1ccc([S+](c2ccc(C)cc2)c2ccc(C)cc2)cc1. The average molecular weight is 1470 g/mol. The summed E-state index contributed by atoms with van der Waals surface area (Å²) in [5, 5.41) is 0. The van der Waals surface area contributed by atoms with Gasteiger partial charge in [0.25, 0.3) is 0 Å². The van der Waals surface area contributed by atoms with Gasteiger partial charge in [-0.3, -0.25) is 0 Å². The number of rotatable bonds is 17. The molecule has 0 atom stereocenters. The van der Waals surface area contributed by atoms with Crippen LogP contribution in [0, 0.1) is 27.7 Å². The van der Waals surface area contributed by atoms with Crippen LogP contribution in [0.15, 0.2) is 362 Å². The molecule has 106 heavy (non-hydrogen) atoms. The molecule has 0 spiro atoms. The topological polar surface area (TPSA) is 0 Å². The fraction of sp³-hybridized carbons (Fsp3) is 0.294. The van der Waals surface area contributed by atoms with Crippen LogP contribution in [-0.2, 0) is 77.1 Å². The van der Waals surface area contributed by atoms with Crippen molar-refractivity contribution < 1.29 is 0 Å². The average Bonchev–Trinajstić information content (AvgIpc) is 0.813. The predicted molar refractivity (Wildman–Crippen MR) is 466 cm³/mol. The molecule has 0 fully saturated rings. The van der Waals surface area contributed by atoms with Crippen LogP contribution in [0.2, 0.25) is 0 Å². The van der Waals surface area contributed by atoms with Gasteiger partial charge in [0.05, 0.1) is 43.6 Å². The van der Waals surface area contributed by atoms with E-state index in [1.54, 1.807) is 0 Å².